The number of aliphatic imine (C=N–C) groups is 1. The van der Waals surface area contributed by atoms with E-state index in [1.807, 2.05) is 12.3 Å². The molecule has 0 bridgehead atoms. The number of ether oxygens (including phenoxy) is 1. The Morgan fingerprint density at radius 3 is 2.77 bits per heavy atom. The van der Waals surface area contributed by atoms with Crippen molar-refractivity contribution >= 4 is 11.9 Å². The smallest absolute Gasteiger partial charge is 0.248 e. The van der Waals surface area contributed by atoms with Crippen LogP contribution in [0.4, 0.5) is 5.69 Å². The fourth-order valence-electron chi connectivity index (χ4n) is 3.69. The van der Waals surface area contributed by atoms with Crippen molar-refractivity contribution in [2.75, 3.05) is 0 Å². The first-order valence-corrected chi connectivity index (χ1v) is 9.87. The van der Waals surface area contributed by atoms with E-state index in [9.17, 15) is 4.79 Å². The summed E-state index contributed by atoms with van der Waals surface area (Å²) >= 11 is 0. The molecule has 5 rings (SSSR count). The summed E-state index contributed by atoms with van der Waals surface area (Å²) < 4.78 is 5.94. The maximum Gasteiger partial charge on any atom is 0.248 e. The summed E-state index contributed by atoms with van der Waals surface area (Å²) in [6, 6.07) is 18.0. The van der Waals surface area contributed by atoms with Crippen molar-refractivity contribution in [1.29, 1.82) is 0 Å². The van der Waals surface area contributed by atoms with Gasteiger partial charge in [0.1, 0.15) is 6.61 Å². The van der Waals surface area contributed by atoms with Crippen molar-refractivity contribution in [2.24, 2.45) is 4.99 Å². The SMILES string of the molecule is O=c1cc(-c2cn[nH]c2OCc2ccc(-c3cccc4c3N=CCC4)cc2)cc[nH]1. The number of H-pyrrole nitrogens is 2. The number of benzene rings is 2. The highest BCUT2D eigenvalue weighted by molar-refractivity contribution is 5.83. The molecule has 0 aliphatic carbocycles. The van der Waals surface area contributed by atoms with Gasteiger partial charge in [-0.15, -0.1) is 0 Å². The summed E-state index contributed by atoms with van der Waals surface area (Å²) in [5.74, 6) is 0.538. The number of pyridine rings is 1. The second kappa shape index (κ2) is 7.83. The molecular formula is C24H20N4O2. The molecule has 6 nitrogen and oxygen atoms in total. The molecule has 2 aromatic heterocycles. The number of hydrogen-bond acceptors (Lipinski definition) is 4. The minimum atomic E-state index is -0.164. The first-order valence-electron chi connectivity index (χ1n) is 9.87. The molecule has 2 aromatic carbocycles. The van der Waals surface area contributed by atoms with Gasteiger partial charge in [-0.05, 0) is 41.2 Å². The van der Waals surface area contributed by atoms with Crippen molar-refractivity contribution in [1.82, 2.24) is 15.2 Å². The quantitative estimate of drug-likeness (QED) is 0.515. The van der Waals surface area contributed by atoms with E-state index in [2.05, 4.69) is 62.6 Å². The molecule has 1 aliphatic heterocycles. The van der Waals surface area contributed by atoms with Gasteiger partial charge in [0.25, 0.3) is 0 Å². The molecule has 2 N–H and O–H groups in total. The second-order valence-corrected chi connectivity index (χ2v) is 7.20. The first-order chi connectivity index (χ1) is 14.8. The zero-order chi connectivity index (χ0) is 20.3. The lowest BCUT2D eigenvalue weighted by atomic mass is 9.96. The summed E-state index contributed by atoms with van der Waals surface area (Å²) in [5, 5.41) is 6.92. The Morgan fingerprint density at radius 1 is 1.00 bits per heavy atom. The van der Waals surface area contributed by atoms with Crippen molar-refractivity contribution in [3.05, 3.63) is 88.5 Å². The highest BCUT2D eigenvalue weighted by Gasteiger charge is 2.12. The lowest BCUT2D eigenvalue weighted by Crippen LogP contribution is -2.02. The third-order valence-corrected chi connectivity index (χ3v) is 5.22. The molecule has 0 unspecified atom stereocenters. The van der Waals surface area contributed by atoms with Crippen LogP contribution in [-0.4, -0.2) is 21.4 Å². The van der Waals surface area contributed by atoms with Crippen LogP contribution in [0, 0.1) is 0 Å². The standard InChI is InChI=1S/C24H20N4O2/c29-22-13-19(10-12-25-22)21-14-27-28-24(21)30-15-16-6-8-17(9-7-16)20-5-1-3-18-4-2-11-26-23(18)20/h1,3,5-14H,2,4,15H2,(H,25,29)(H,27,28). The van der Waals surface area contributed by atoms with Crippen molar-refractivity contribution in [3.8, 4) is 28.1 Å². The van der Waals surface area contributed by atoms with E-state index in [1.165, 1.54) is 11.6 Å². The number of nitrogens with one attached hydrogen (secondary N) is 2. The molecule has 1 aliphatic rings. The molecule has 0 radical (unpaired) electrons. The number of hydrogen-bond donors (Lipinski definition) is 2. The van der Waals surface area contributed by atoms with Gasteiger partial charge in [0.15, 0.2) is 0 Å². The zero-order valence-corrected chi connectivity index (χ0v) is 16.3. The van der Waals surface area contributed by atoms with Crippen molar-refractivity contribution in [2.45, 2.75) is 19.4 Å². The van der Waals surface area contributed by atoms with Crippen LogP contribution in [0.3, 0.4) is 0 Å². The predicted octanol–water partition coefficient (Wildman–Crippen LogP) is 4.66. The van der Waals surface area contributed by atoms with Crippen LogP contribution in [0.15, 0.2) is 76.8 Å². The number of aromatic nitrogens is 3. The molecule has 0 saturated heterocycles. The summed E-state index contributed by atoms with van der Waals surface area (Å²) in [7, 11) is 0. The van der Waals surface area contributed by atoms with E-state index in [0.29, 0.717) is 12.5 Å². The molecule has 0 amide bonds. The normalized spacial score (nSPS) is 12.5. The van der Waals surface area contributed by atoms with E-state index in [-0.39, 0.29) is 5.56 Å². The zero-order valence-electron chi connectivity index (χ0n) is 16.3. The number of rotatable bonds is 5. The van der Waals surface area contributed by atoms with Gasteiger partial charge < -0.3 is 9.72 Å². The summed E-state index contributed by atoms with van der Waals surface area (Å²) in [5.41, 5.74) is 7.06. The minimum absolute atomic E-state index is 0.164. The Bertz CT molecular complexity index is 1270. The van der Waals surface area contributed by atoms with Gasteiger partial charge in [0, 0.05) is 24.0 Å². The predicted molar refractivity (Wildman–Crippen MR) is 117 cm³/mol. The average Bonchev–Trinajstić information content (AvgIpc) is 3.26. The minimum Gasteiger partial charge on any atom is -0.473 e. The summed E-state index contributed by atoms with van der Waals surface area (Å²) in [6.45, 7) is 0.393. The van der Waals surface area contributed by atoms with Crippen molar-refractivity contribution in [3.63, 3.8) is 0 Å². The topological polar surface area (TPSA) is 83.1 Å². The van der Waals surface area contributed by atoms with Crippen LogP contribution < -0.4 is 10.3 Å². The van der Waals surface area contributed by atoms with Crippen LogP contribution in [0.5, 0.6) is 5.88 Å². The van der Waals surface area contributed by atoms with Gasteiger partial charge in [-0.25, -0.2) is 5.10 Å². The molecular weight excluding hydrogens is 376 g/mol. The summed E-state index contributed by atoms with van der Waals surface area (Å²) in [4.78, 5) is 18.8. The van der Waals surface area contributed by atoms with Crippen LogP contribution in [-0.2, 0) is 13.0 Å². The lowest BCUT2D eigenvalue weighted by molar-refractivity contribution is 0.294. The maximum absolute atomic E-state index is 11.6. The Kier molecular flexibility index (Phi) is 4.73. The molecule has 0 saturated carbocycles. The lowest BCUT2D eigenvalue weighted by Gasteiger charge is -2.14. The molecule has 6 heteroatoms. The highest BCUT2D eigenvalue weighted by Crippen LogP contribution is 2.36. The van der Waals surface area contributed by atoms with E-state index in [1.54, 1.807) is 12.4 Å². The van der Waals surface area contributed by atoms with Crippen LogP contribution >= 0.6 is 0 Å². The number of para-hydroxylation sites is 1. The largest absolute Gasteiger partial charge is 0.473 e. The van der Waals surface area contributed by atoms with Gasteiger partial charge in [-0.3, -0.25) is 9.79 Å². The Balaban J connectivity index is 1.34. The van der Waals surface area contributed by atoms with Gasteiger partial charge in [0.2, 0.25) is 11.4 Å². The number of aromatic amines is 2. The van der Waals surface area contributed by atoms with Crippen LogP contribution in [0.2, 0.25) is 0 Å². The Hall–Kier alpha value is -3.93. The van der Waals surface area contributed by atoms with Crippen molar-refractivity contribution < 1.29 is 4.74 Å². The van der Waals surface area contributed by atoms with Crippen LogP contribution in [0.25, 0.3) is 22.3 Å². The maximum atomic E-state index is 11.6. The Morgan fingerprint density at radius 2 is 1.90 bits per heavy atom. The molecule has 0 atom stereocenters. The van der Waals surface area contributed by atoms with Gasteiger partial charge in [-0.2, -0.15) is 5.10 Å². The average molecular weight is 396 g/mol. The molecule has 0 spiro atoms. The molecule has 148 valence electrons. The Labute approximate surface area is 173 Å². The molecule has 0 fully saturated rings. The fraction of sp³-hybridized carbons (Fsp3) is 0.125. The number of aryl methyl sites for hydroxylation is 1. The van der Waals surface area contributed by atoms with Gasteiger partial charge in [0.05, 0.1) is 17.4 Å². The third-order valence-electron chi connectivity index (χ3n) is 5.22. The third kappa shape index (κ3) is 3.55. The van der Waals surface area contributed by atoms with Crippen LogP contribution in [0.1, 0.15) is 17.5 Å². The number of nitrogens with zero attached hydrogens (tertiary/aromatic N) is 2. The molecule has 3 heterocycles. The first kappa shape index (κ1) is 18.1. The molecule has 30 heavy (non-hydrogen) atoms. The number of fused-ring (bicyclic) bond motifs is 1. The van der Waals surface area contributed by atoms with E-state index in [4.69, 9.17) is 4.74 Å². The fourth-order valence-corrected chi connectivity index (χ4v) is 3.69. The monoisotopic (exact) mass is 396 g/mol. The van der Waals surface area contributed by atoms with Gasteiger partial charge in [-0.1, -0.05) is 42.5 Å². The van der Waals surface area contributed by atoms with E-state index < -0.39 is 0 Å². The highest BCUT2D eigenvalue weighted by atomic mass is 16.5. The molecule has 4 aromatic rings. The van der Waals surface area contributed by atoms with E-state index >= 15 is 0 Å². The van der Waals surface area contributed by atoms with E-state index in [0.717, 1.165) is 46.3 Å². The second-order valence-electron chi connectivity index (χ2n) is 7.20. The van der Waals surface area contributed by atoms with Gasteiger partial charge >= 0.3 is 0 Å². The summed E-state index contributed by atoms with van der Waals surface area (Å²) in [6.07, 6.45) is 7.31.